The van der Waals surface area contributed by atoms with E-state index in [4.69, 9.17) is 4.52 Å². The summed E-state index contributed by atoms with van der Waals surface area (Å²) in [6.45, 7) is 4.22. The van der Waals surface area contributed by atoms with Crippen molar-refractivity contribution in [3.05, 3.63) is 58.9 Å². The molecule has 0 saturated carbocycles. The van der Waals surface area contributed by atoms with Crippen molar-refractivity contribution in [2.24, 2.45) is 7.05 Å². The Balaban J connectivity index is 1.90. The lowest BCUT2D eigenvalue weighted by molar-refractivity contribution is 0.0946. The van der Waals surface area contributed by atoms with Crippen molar-refractivity contribution in [2.75, 3.05) is 6.54 Å². The van der Waals surface area contributed by atoms with Crippen LogP contribution in [0.3, 0.4) is 0 Å². The van der Waals surface area contributed by atoms with Crippen LogP contribution in [-0.4, -0.2) is 27.4 Å². The topological polar surface area (TPSA) is 73.0 Å². The molecular weight excluding hydrogens is 335 g/mol. The molecule has 0 spiro atoms. The van der Waals surface area contributed by atoms with Gasteiger partial charge in [-0.15, -0.1) is 0 Å². The third-order valence-electron chi connectivity index (χ3n) is 3.92. The number of rotatable bonds is 5. The van der Waals surface area contributed by atoms with Gasteiger partial charge in [0.05, 0.1) is 5.69 Å². The molecule has 0 unspecified atom stereocenters. The highest BCUT2D eigenvalue weighted by Crippen LogP contribution is 2.27. The van der Waals surface area contributed by atoms with Crippen molar-refractivity contribution in [1.29, 1.82) is 0 Å². The van der Waals surface area contributed by atoms with E-state index in [9.17, 15) is 9.18 Å². The van der Waals surface area contributed by atoms with Crippen LogP contribution in [0.2, 0.25) is 0 Å². The summed E-state index contributed by atoms with van der Waals surface area (Å²) in [6, 6.07) is 7.77. The zero-order valence-corrected chi connectivity index (χ0v) is 14.8. The van der Waals surface area contributed by atoms with Crippen LogP contribution in [0.25, 0.3) is 23.4 Å². The largest absolute Gasteiger partial charge is 0.360 e. The van der Waals surface area contributed by atoms with Gasteiger partial charge >= 0.3 is 0 Å². The SMILES string of the molecule is CCNC(=O)c1cc(C=Cc2c(-c3ccc(F)cc3)noc2C)nn1C. The van der Waals surface area contributed by atoms with Crippen LogP contribution in [0.5, 0.6) is 0 Å². The molecule has 3 rings (SSSR count). The molecule has 3 aromatic rings. The van der Waals surface area contributed by atoms with Gasteiger partial charge < -0.3 is 9.84 Å². The minimum Gasteiger partial charge on any atom is -0.360 e. The Bertz CT molecular complexity index is 955. The Morgan fingerprint density at radius 3 is 2.73 bits per heavy atom. The van der Waals surface area contributed by atoms with Gasteiger partial charge in [0.2, 0.25) is 0 Å². The van der Waals surface area contributed by atoms with Gasteiger partial charge in [0.25, 0.3) is 5.91 Å². The molecule has 0 aliphatic carbocycles. The smallest absolute Gasteiger partial charge is 0.269 e. The van der Waals surface area contributed by atoms with Crippen molar-refractivity contribution in [2.45, 2.75) is 13.8 Å². The number of amides is 1. The van der Waals surface area contributed by atoms with Gasteiger partial charge in [-0.05, 0) is 56.3 Å². The molecule has 6 nitrogen and oxygen atoms in total. The molecular formula is C19H19FN4O2. The van der Waals surface area contributed by atoms with Crippen molar-refractivity contribution >= 4 is 18.1 Å². The summed E-state index contributed by atoms with van der Waals surface area (Å²) in [5.74, 6) is 0.160. The molecule has 0 aliphatic rings. The fourth-order valence-corrected chi connectivity index (χ4v) is 2.59. The number of hydrogen-bond donors (Lipinski definition) is 1. The predicted molar refractivity (Wildman–Crippen MR) is 96.8 cm³/mol. The van der Waals surface area contributed by atoms with Crippen LogP contribution in [-0.2, 0) is 7.05 Å². The van der Waals surface area contributed by atoms with Gasteiger partial charge in [0, 0.05) is 24.7 Å². The minimum absolute atomic E-state index is 0.171. The molecule has 7 heteroatoms. The first kappa shape index (κ1) is 17.6. The molecule has 1 aromatic carbocycles. The van der Waals surface area contributed by atoms with E-state index in [0.29, 0.717) is 29.4 Å². The summed E-state index contributed by atoms with van der Waals surface area (Å²) in [5, 5.41) is 11.1. The maximum absolute atomic E-state index is 13.1. The summed E-state index contributed by atoms with van der Waals surface area (Å²) < 4.78 is 20.0. The molecule has 0 bridgehead atoms. The standard InChI is InChI=1S/C19H19FN4O2/c1-4-21-19(25)17-11-15(22-24(17)3)9-10-16-12(2)26-23-18(16)13-5-7-14(20)8-6-13/h5-11H,4H2,1-3H3,(H,21,25). The maximum atomic E-state index is 13.1. The number of hydrogen-bond acceptors (Lipinski definition) is 4. The third-order valence-corrected chi connectivity index (χ3v) is 3.92. The van der Waals surface area contributed by atoms with Crippen molar-refractivity contribution in [3.63, 3.8) is 0 Å². The van der Waals surface area contributed by atoms with Gasteiger partial charge in [0.15, 0.2) is 0 Å². The normalized spacial score (nSPS) is 11.2. The van der Waals surface area contributed by atoms with E-state index in [2.05, 4.69) is 15.6 Å². The molecule has 134 valence electrons. The van der Waals surface area contributed by atoms with Crippen LogP contribution in [0.15, 0.2) is 34.9 Å². The average molecular weight is 354 g/mol. The summed E-state index contributed by atoms with van der Waals surface area (Å²) in [6.07, 6.45) is 3.61. The number of benzene rings is 1. The van der Waals surface area contributed by atoms with Crippen LogP contribution >= 0.6 is 0 Å². The Hall–Kier alpha value is -3.22. The Morgan fingerprint density at radius 1 is 1.31 bits per heavy atom. The van der Waals surface area contributed by atoms with E-state index >= 15 is 0 Å². The number of carbonyl (C=O) groups is 1. The first-order chi connectivity index (χ1) is 12.5. The van der Waals surface area contributed by atoms with Gasteiger partial charge in [-0.25, -0.2) is 4.39 Å². The number of halogens is 1. The van der Waals surface area contributed by atoms with E-state index in [-0.39, 0.29) is 11.7 Å². The molecule has 0 radical (unpaired) electrons. The van der Waals surface area contributed by atoms with Gasteiger partial charge in [0.1, 0.15) is 23.0 Å². The highest BCUT2D eigenvalue weighted by atomic mass is 19.1. The highest BCUT2D eigenvalue weighted by Gasteiger charge is 2.14. The molecule has 0 atom stereocenters. The molecule has 2 aromatic heterocycles. The summed E-state index contributed by atoms with van der Waals surface area (Å²) >= 11 is 0. The summed E-state index contributed by atoms with van der Waals surface area (Å²) in [4.78, 5) is 12.0. The number of nitrogens with one attached hydrogen (secondary N) is 1. The molecule has 0 saturated heterocycles. The molecule has 1 N–H and O–H groups in total. The van der Waals surface area contributed by atoms with E-state index < -0.39 is 0 Å². The molecule has 26 heavy (non-hydrogen) atoms. The first-order valence-electron chi connectivity index (χ1n) is 8.22. The van der Waals surface area contributed by atoms with Crippen LogP contribution in [0.4, 0.5) is 4.39 Å². The fourth-order valence-electron chi connectivity index (χ4n) is 2.59. The Labute approximate surface area is 150 Å². The molecule has 1 amide bonds. The number of aromatic nitrogens is 3. The van der Waals surface area contributed by atoms with Gasteiger partial charge in [-0.3, -0.25) is 9.48 Å². The lowest BCUT2D eigenvalue weighted by Crippen LogP contribution is -2.24. The molecule has 2 heterocycles. The second-order valence-corrected chi connectivity index (χ2v) is 5.78. The molecule has 0 fully saturated rings. The van der Waals surface area contributed by atoms with Crippen molar-refractivity contribution in [3.8, 4) is 11.3 Å². The summed E-state index contributed by atoms with van der Waals surface area (Å²) in [5.41, 5.74) is 3.28. The van der Waals surface area contributed by atoms with Crippen LogP contribution < -0.4 is 5.32 Å². The zero-order valence-electron chi connectivity index (χ0n) is 14.8. The second-order valence-electron chi connectivity index (χ2n) is 5.78. The van der Waals surface area contributed by atoms with E-state index in [0.717, 1.165) is 11.1 Å². The lowest BCUT2D eigenvalue weighted by atomic mass is 10.1. The number of aryl methyl sites for hydroxylation is 2. The van der Waals surface area contributed by atoms with Crippen LogP contribution in [0.1, 0.15) is 34.4 Å². The van der Waals surface area contributed by atoms with Crippen molar-refractivity contribution in [1.82, 2.24) is 20.3 Å². The van der Waals surface area contributed by atoms with Gasteiger partial charge in [-0.1, -0.05) is 5.16 Å². The lowest BCUT2D eigenvalue weighted by Gasteiger charge is -2.00. The van der Waals surface area contributed by atoms with E-state index in [1.807, 2.05) is 13.0 Å². The highest BCUT2D eigenvalue weighted by molar-refractivity contribution is 5.93. The number of nitrogens with zero attached hydrogens (tertiary/aromatic N) is 3. The minimum atomic E-state index is -0.308. The summed E-state index contributed by atoms with van der Waals surface area (Å²) in [7, 11) is 1.72. The Morgan fingerprint density at radius 2 is 2.04 bits per heavy atom. The third kappa shape index (κ3) is 3.56. The monoisotopic (exact) mass is 354 g/mol. The average Bonchev–Trinajstić information content (AvgIpc) is 3.17. The predicted octanol–water partition coefficient (Wildman–Crippen LogP) is 3.44. The maximum Gasteiger partial charge on any atom is 0.269 e. The Kier molecular flexibility index (Phi) is 4.97. The zero-order chi connectivity index (χ0) is 18.7. The first-order valence-corrected chi connectivity index (χ1v) is 8.22. The van der Waals surface area contributed by atoms with E-state index in [1.54, 1.807) is 38.2 Å². The van der Waals surface area contributed by atoms with Crippen molar-refractivity contribution < 1.29 is 13.7 Å². The fraction of sp³-hybridized carbons (Fsp3) is 0.211. The van der Waals surface area contributed by atoms with E-state index in [1.165, 1.54) is 16.8 Å². The second kappa shape index (κ2) is 7.35. The quantitative estimate of drug-likeness (QED) is 0.762. The van der Waals surface area contributed by atoms with Gasteiger partial charge in [-0.2, -0.15) is 5.10 Å². The molecule has 0 aliphatic heterocycles. The number of carbonyl (C=O) groups excluding carboxylic acids is 1. The van der Waals surface area contributed by atoms with Crippen LogP contribution in [0, 0.1) is 12.7 Å².